The second kappa shape index (κ2) is 9.09. The Morgan fingerprint density at radius 3 is 2.47 bits per heavy atom. The average molecular weight is 234 g/mol. The van der Waals surface area contributed by atoms with Crippen LogP contribution in [0.2, 0.25) is 0 Å². The molecule has 0 radical (unpaired) electrons. The van der Waals surface area contributed by atoms with Crippen LogP contribution in [0.3, 0.4) is 0 Å². The van der Waals surface area contributed by atoms with Gasteiger partial charge in [0, 0.05) is 0 Å². The standard InChI is InChI=1S/C16H26O/c1-3-4-5-6-7-8-9-10-12-15(2)16-13-11-14-17-16/h11-14H,3-10H2,1-2H3. The zero-order valence-electron chi connectivity index (χ0n) is 11.4. The molecule has 0 atom stereocenters. The highest BCUT2D eigenvalue weighted by atomic mass is 16.3. The summed E-state index contributed by atoms with van der Waals surface area (Å²) in [5.74, 6) is 1.01. The number of unbranched alkanes of at least 4 members (excludes halogenated alkanes) is 7. The minimum absolute atomic E-state index is 1.01. The fourth-order valence-corrected chi connectivity index (χ4v) is 2.02. The van der Waals surface area contributed by atoms with Crippen molar-refractivity contribution < 1.29 is 4.42 Å². The number of allylic oxidation sites excluding steroid dienone is 2. The molecule has 0 saturated carbocycles. The van der Waals surface area contributed by atoms with Gasteiger partial charge in [0.1, 0.15) is 5.76 Å². The second-order valence-corrected chi connectivity index (χ2v) is 4.77. The lowest BCUT2D eigenvalue weighted by molar-refractivity contribution is 0.552. The van der Waals surface area contributed by atoms with Crippen molar-refractivity contribution >= 4 is 5.57 Å². The van der Waals surface area contributed by atoms with Crippen molar-refractivity contribution in [3.05, 3.63) is 30.2 Å². The van der Waals surface area contributed by atoms with E-state index in [0.717, 1.165) is 5.76 Å². The van der Waals surface area contributed by atoms with Gasteiger partial charge in [0.05, 0.1) is 6.26 Å². The van der Waals surface area contributed by atoms with E-state index in [-0.39, 0.29) is 0 Å². The van der Waals surface area contributed by atoms with Crippen LogP contribution in [-0.2, 0) is 0 Å². The van der Waals surface area contributed by atoms with E-state index in [1.54, 1.807) is 6.26 Å². The third-order valence-corrected chi connectivity index (χ3v) is 3.17. The minimum atomic E-state index is 1.01. The molecule has 1 aromatic heterocycles. The van der Waals surface area contributed by atoms with Gasteiger partial charge in [-0.1, -0.05) is 51.5 Å². The van der Waals surface area contributed by atoms with E-state index in [9.17, 15) is 0 Å². The van der Waals surface area contributed by atoms with Crippen LogP contribution in [0.5, 0.6) is 0 Å². The molecule has 0 saturated heterocycles. The van der Waals surface area contributed by atoms with E-state index < -0.39 is 0 Å². The molecule has 0 aromatic carbocycles. The molecular weight excluding hydrogens is 208 g/mol. The third kappa shape index (κ3) is 6.35. The highest BCUT2D eigenvalue weighted by molar-refractivity contribution is 5.58. The van der Waals surface area contributed by atoms with Gasteiger partial charge in [0.25, 0.3) is 0 Å². The fraction of sp³-hybridized carbons (Fsp3) is 0.625. The molecule has 0 bridgehead atoms. The van der Waals surface area contributed by atoms with E-state index in [2.05, 4.69) is 19.9 Å². The van der Waals surface area contributed by atoms with E-state index in [1.807, 2.05) is 12.1 Å². The van der Waals surface area contributed by atoms with Gasteiger partial charge >= 0.3 is 0 Å². The summed E-state index contributed by atoms with van der Waals surface area (Å²) in [5, 5.41) is 0. The van der Waals surface area contributed by atoms with Gasteiger partial charge in [0.2, 0.25) is 0 Å². The third-order valence-electron chi connectivity index (χ3n) is 3.17. The topological polar surface area (TPSA) is 13.1 Å². The van der Waals surface area contributed by atoms with Crippen LogP contribution in [0.25, 0.3) is 5.57 Å². The van der Waals surface area contributed by atoms with Gasteiger partial charge in [-0.25, -0.2) is 0 Å². The van der Waals surface area contributed by atoms with Crippen molar-refractivity contribution in [2.24, 2.45) is 0 Å². The van der Waals surface area contributed by atoms with Crippen molar-refractivity contribution in [3.63, 3.8) is 0 Å². The number of hydrogen-bond acceptors (Lipinski definition) is 1. The smallest absolute Gasteiger partial charge is 0.129 e. The Morgan fingerprint density at radius 1 is 1.12 bits per heavy atom. The van der Waals surface area contributed by atoms with Gasteiger partial charge < -0.3 is 4.42 Å². The Morgan fingerprint density at radius 2 is 1.82 bits per heavy atom. The zero-order valence-corrected chi connectivity index (χ0v) is 11.4. The van der Waals surface area contributed by atoms with Crippen LogP contribution in [-0.4, -0.2) is 0 Å². The van der Waals surface area contributed by atoms with Crippen molar-refractivity contribution in [3.8, 4) is 0 Å². The Bertz CT molecular complexity index is 295. The van der Waals surface area contributed by atoms with Gasteiger partial charge in [-0.3, -0.25) is 0 Å². The molecular formula is C16H26O. The normalized spacial score (nSPS) is 12.0. The summed E-state index contributed by atoms with van der Waals surface area (Å²) in [6, 6.07) is 3.97. The lowest BCUT2D eigenvalue weighted by atomic mass is 10.1. The van der Waals surface area contributed by atoms with E-state index in [0.29, 0.717) is 0 Å². The molecule has 96 valence electrons. The van der Waals surface area contributed by atoms with Gasteiger partial charge in [0.15, 0.2) is 0 Å². The molecule has 1 nitrogen and oxygen atoms in total. The predicted molar refractivity (Wildman–Crippen MR) is 75.0 cm³/mol. The Balaban J connectivity index is 2.02. The summed E-state index contributed by atoms with van der Waals surface area (Å²) in [6.07, 6.45) is 14.9. The van der Waals surface area contributed by atoms with Crippen molar-refractivity contribution in [2.45, 2.75) is 65.2 Å². The lowest BCUT2D eigenvalue weighted by Crippen LogP contribution is -1.80. The maximum absolute atomic E-state index is 5.35. The van der Waals surface area contributed by atoms with Crippen LogP contribution in [0.4, 0.5) is 0 Å². The Hall–Kier alpha value is -0.980. The van der Waals surface area contributed by atoms with Gasteiger partial charge in [-0.15, -0.1) is 0 Å². The molecule has 0 aliphatic rings. The molecule has 0 amide bonds. The van der Waals surface area contributed by atoms with E-state index in [4.69, 9.17) is 4.42 Å². The van der Waals surface area contributed by atoms with Crippen LogP contribution >= 0.6 is 0 Å². The second-order valence-electron chi connectivity index (χ2n) is 4.77. The molecule has 0 aliphatic carbocycles. The first-order valence-electron chi connectivity index (χ1n) is 7.05. The molecule has 1 heteroatoms. The summed E-state index contributed by atoms with van der Waals surface area (Å²) in [7, 11) is 0. The molecule has 0 spiro atoms. The first kappa shape index (κ1) is 14.1. The quantitative estimate of drug-likeness (QED) is 0.490. The average Bonchev–Trinajstić information content (AvgIpc) is 2.86. The molecule has 0 N–H and O–H groups in total. The summed E-state index contributed by atoms with van der Waals surface area (Å²) >= 11 is 0. The molecule has 0 fully saturated rings. The highest BCUT2D eigenvalue weighted by Crippen LogP contribution is 2.16. The molecule has 1 aromatic rings. The summed E-state index contributed by atoms with van der Waals surface area (Å²) < 4.78 is 5.35. The lowest BCUT2D eigenvalue weighted by Gasteiger charge is -2.00. The van der Waals surface area contributed by atoms with Gasteiger partial charge in [-0.2, -0.15) is 0 Å². The zero-order chi connectivity index (χ0) is 12.3. The van der Waals surface area contributed by atoms with Crippen molar-refractivity contribution in [1.29, 1.82) is 0 Å². The van der Waals surface area contributed by atoms with Crippen LogP contribution in [0.15, 0.2) is 28.9 Å². The largest absolute Gasteiger partial charge is 0.465 e. The number of hydrogen-bond donors (Lipinski definition) is 0. The van der Waals surface area contributed by atoms with E-state index in [1.165, 1.54) is 56.9 Å². The number of furan rings is 1. The summed E-state index contributed by atoms with van der Waals surface area (Å²) in [4.78, 5) is 0. The monoisotopic (exact) mass is 234 g/mol. The molecule has 17 heavy (non-hydrogen) atoms. The maximum atomic E-state index is 5.35. The maximum Gasteiger partial charge on any atom is 0.129 e. The molecule has 1 rings (SSSR count). The first-order chi connectivity index (χ1) is 8.34. The van der Waals surface area contributed by atoms with E-state index >= 15 is 0 Å². The SMILES string of the molecule is CCCCCCCCCC=C(C)c1ccco1. The predicted octanol–water partition coefficient (Wildman–Crippen LogP) is 5.82. The molecule has 1 heterocycles. The summed E-state index contributed by atoms with van der Waals surface area (Å²) in [6.45, 7) is 4.39. The summed E-state index contributed by atoms with van der Waals surface area (Å²) in [5.41, 5.74) is 1.26. The fourth-order valence-electron chi connectivity index (χ4n) is 2.02. The van der Waals surface area contributed by atoms with Crippen molar-refractivity contribution in [1.82, 2.24) is 0 Å². The van der Waals surface area contributed by atoms with Crippen LogP contribution in [0.1, 0.15) is 71.0 Å². The Kier molecular flexibility index (Phi) is 7.53. The molecule has 0 aliphatic heterocycles. The van der Waals surface area contributed by atoms with Gasteiger partial charge in [-0.05, 0) is 37.5 Å². The highest BCUT2D eigenvalue weighted by Gasteiger charge is 1.96. The van der Waals surface area contributed by atoms with Crippen LogP contribution in [0, 0.1) is 0 Å². The number of rotatable bonds is 9. The Labute approximate surface area is 106 Å². The minimum Gasteiger partial charge on any atom is -0.465 e. The van der Waals surface area contributed by atoms with Crippen LogP contribution < -0.4 is 0 Å². The first-order valence-corrected chi connectivity index (χ1v) is 7.05. The molecule has 0 unspecified atom stereocenters. The van der Waals surface area contributed by atoms with Crippen molar-refractivity contribution in [2.75, 3.05) is 0 Å².